The number of aliphatic hydroxyl groups excluding tert-OH is 1. The van der Waals surface area contributed by atoms with Gasteiger partial charge in [0.1, 0.15) is 0 Å². The highest BCUT2D eigenvalue weighted by atomic mass is 19.1. The first-order valence-electron chi connectivity index (χ1n) is 6.84. The van der Waals surface area contributed by atoms with Gasteiger partial charge in [-0.1, -0.05) is 0 Å². The third-order valence-electron chi connectivity index (χ3n) is 3.78. The summed E-state index contributed by atoms with van der Waals surface area (Å²) in [5.41, 5.74) is -0.405. The van der Waals surface area contributed by atoms with E-state index < -0.39 is 16.4 Å². The van der Waals surface area contributed by atoms with Crippen molar-refractivity contribution in [2.45, 2.75) is 31.8 Å². The maximum Gasteiger partial charge on any atom is 0.314 e. The fourth-order valence-electron chi connectivity index (χ4n) is 2.53. The number of methoxy groups -OCH3 is 1. The first kappa shape index (κ1) is 15.5. The molecule has 0 spiro atoms. The van der Waals surface area contributed by atoms with E-state index in [9.17, 15) is 14.5 Å². The molecule has 21 heavy (non-hydrogen) atoms. The van der Waals surface area contributed by atoms with Crippen LogP contribution in [0.1, 0.15) is 25.7 Å². The van der Waals surface area contributed by atoms with Crippen LogP contribution >= 0.6 is 0 Å². The monoisotopic (exact) mass is 299 g/mol. The van der Waals surface area contributed by atoms with Gasteiger partial charge in [0.05, 0.1) is 24.2 Å². The Labute approximate surface area is 121 Å². The standard InChI is InChI=1S/C14H18FNO5/c1-20-13-7-14(12(16(18)19)6-11(13)15)21-10-4-2-9(8-17)3-5-10/h6-7,9-10,17H,2-5,8H2,1H3. The number of nitro groups is 1. The Morgan fingerprint density at radius 3 is 2.52 bits per heavy atom. The summed E-state index contributed by atoms with van der Waals surface area (Å²) in [6.07, 6.45) is 2.88. The lowest BCUT2D eigenvalue weighted by Crippen LogP contribution is -2.25. The normalized spacial score (nSPS) is 21.9. The highest BCUT2D eigenvalue weighted by Crippen LogP contribution is 2.36. The van der Waals surface area contributed by atoms with Crippen molar-refractivity contribution < 1.29 is 23.9 Å². The number of nitro benzene ring substituents is 1. The molecular weight excluding hydrogens is 281 g/mol. The number of hydrogen-bond acceptors (Lipinski definition) is 5. The van der Waals surface area contributed by atoms with Crippen LogP contribution in [0, 0.1) is 21.8 Å². The molecule has 7 heteroatoms. The van der Waals surface area contributed by atoms with Gasteiger partial charge in [-0.2, -0.15) is 0 Å². The third-order valence-corrected chi connectivity index (χ3v) is 3.78. The number of aliphatic hydroxyl groups is 1. The summed E-state index contributed by atoms with van der Waals surface area (Å²) in [5, 5.41) is 20.1. The minimum Gasteiger partial charge on any atom is -0.494 e. The zero-order valence-corrected chi connectivity index (χ0v) is 11.8. The van der Waals surface area contributed by atoms with Gasteiger partial charge in [-0.05, 0) is 31.6 Å². The van der Waals surface area contributed by atoms with Gasteiger partial charge < -0.3 is 14.6 Å². The molecule has 1 aliphatic rings. The van der Waals surface area contributed by atoms with Crippen LogP contribution in [0.5, 0.6) is 11.5 Å². The number of benzene rings is 1. The van der Waals surface area contributed by atoms with E-state index in [1.807, 2.05) is 0 Å². The molecule has 1 saturated carbocycles. The number of nitrogens with zero attached hydrogens (tertiary/aromatic N) is 1. The number of hydrogen-bond donors (Lipinski definition) is 1. The molecule has 1 fully saturated rings. The zero-order valence-electron chi connectivity index (χ0n) is 11.8. The number of ether oxygens (including phenoxy) is 2. The molecule has 1 aromatic carbocycles. The molecule has 1 aromatic rings. The second-order valence-corrected chi connectivity index (χ2v) is 5.15. The molecule has 0 unspecified atom stereocenters. The maximum atomic E-state index is 13.6. The molecule has 0 saturated heterocycles. The Balaban J connectivity index is 2.16. The molecule has 0 atom stereocenters. The summed E-state index contributed by atoms with van der Waals surface area (Å²) < 4.78 is 24.1. The maximum absolute atomic E-state index is 13.6. The van der Waals surface area contributed by atoms with Crippen molar-refractivity contribution in [1.82, 2.24) is 0 Å². The van der Waals surface area contributed by atoms with Crippen LogP contribution in [0.2, 0.25) is 0 Å². The second-order valence-electron chi connectivity index (χ2n) is 5.15. The number of halogens is 1. The summed E-state index contributed by atoms with van der Waals surface area (Å²) in [6, 6.07) is 2.03. The van der Waals surface area contributed by atoms with Crippen LogP contribution in [-0.2, 0) is 0 Å². The molecule has 0 aliphatic heterocycles. The summed E-state index contributed by atoms with van der Waals surface area (Å²) in [4.78, 5) is 10.3. The van der Waals surface area contributed by atoms with Gasteiger partial charge in [0.15, 0.2) is 11.6 Å². The molecule has 1 N–H and O–H groups in total. The van der Waals surface area contributed by atoms with Gasteiger partial charge in [-0.15, -0.1) is 0 Å². The smallest absolute Gasteiger partial charge is 0.314 e. The van der Waals surface area contributed by atoms with E-state index in [-0.39, 0.29) is 30.1 Å². The predicted molar refractivity (Wildman–Crippen MR) is 73.1 cm³/mol. The first-order valence-corrected chi connectivity index (χ1v) is 6.84. The predicted octanol–water partition coefficient (Wildman–Crippen LogP) is 2.67. The average Bonchev–Trinajstić information content (AvgIpc) is 2.49. The van der Waals surface area contributed by atoms with Crippen LogP contribution in [0.3, 0.4) is 0 Å². The van der Waals surface area contributed by atoms with Crippen molar-refractivity contribution in [3.63, 3.8) is 0 Å². The van der Waals surface area contributed by atoms with Crippen LogP contribution in [0.4, 0.5) is 10.1 Å². The van der Waals surface area contributed by atoms with Gasteiger partial charge in [0.2, 0.25) is 5.75 Å². The Bertz CT molecular complexity index is 514. The van der Waals surface area contributed by atoms with Gasteiger partial charge >= 0.3 is 5.69 Å². The van der Waals surface area contributed by atoms with E-state index in [1.165, 1.54) is 13.2 Å². The minimum atomic E-state index is -0.791. The topological polar surface area (TPSA) is 81.8 Å². The van der Waals surface area contributed by atoms with Gasteiger partial charge in [0, 0.05) is 12.7 Å². The fraction of sp³-hybridized carbons (Fsp3) is 0.571. The van der Waals surface area contributed by atoms with Crippen LogP contribution in [-0.4, -0.2) is 29.9 Å². The van der Waals surface area contributed by atoms with E-state index in [4.69, 9.17) is 14.6 Å². The minimum absolute atomic E-state index is 0.0192. The van der Waals surface area contributed by atoms with Gasteiger partial charge in [-0.3, -0.25) is 10.1 Å². The molecule has 116 valence electrons. The Hall–Kier alpha value is -1.89. The highest BCUT2D eigenvalue weighted by molar-refractivity contribution is 5.51. The summed E-state index contributed by atoms with van der Waals surface area (Å²) >= 11 is 0. The van der Waals surface area contributed by atoms with Gasteiger partial charge in [-0.25, -0.2) is 4.39 Å². The molecule has 6 nitrogen and oxygen atoms in total. The second kappa shape index (κ2) is 6.71. The molecule has 0 aromatic heterocycles. The molecule has 2 rings (SSSR count). The van der Waals surface area contributed by atoms with Crippen LogP contribution in [0.15, 0.2) is 12.1 Å². The Kier molecular flexibility index (Phi) is 4.95. The molecule has 0 bridgehead atoms. The van der Waals surface area contributed by atoms with E-state index >= 15 is 0 Å². The first-order chi connectivity index (χ1) is 10.0. The summed E-state index contributed by atoms with van der Waals surface area (Å²) in [6.45, 7) is 0.150. The van der Waals surface area contributed by atoms with Crippen molar-refractivity contribution in [3.05, 3.63) is 28.1 Å². The highest BCUT2D eigenvalue weighted by Gasteiger charge is 2.26. The summed E-state index contributed by atoms with van der Waals surface area (Å²) in [7, 11) is 1.29. The molecule has 0 heterocycles. The quantitative estimate of drug-likeness (QED) is 0.667. The molecular formula is C14H18FNO5. The van der Waals surface area contributed by atoms with E-state index in [0.29, 0.717) is 12.8 Å². The third kappa shape index (κ3) is 3.60. The molecule has 0 amide bonds. The largest absolute Gasteiger partial charge is 0.494 e. The lowest BCUT2D eigenvalue weighted by molar-refractivity contribution is -0.386. The van der Waals surface area contributed by atoms with Crippen molar-refractivity contribution in [1.29, 1.82) is 0 Å². The molecule has 0 radical (unpaired) electrons. The SMILES string of the molecule is COc1cc(OC2CCC(CO)CC2)c([N+](=O)[O-])cc1F. The lowest BCUT2D eigenvalue weighted by Gasteiger charge is -2.27. The van der Waals surface area contributed by atoms with E-state index in [1.54, 1.807) is 0 Å². The Morgan fingerprint density at radius 1 is 1.33 bits per heavy atom. The molecule has 1 aliphatic carbocycles. The van der Waals surface area contributed by atoms with E-state index in [0.717, 1.165) is 18.9 Å². The summed E-state index contributed by atoms with van der Waals surface area (Å²) in [5.74, 6) is -0.589. The van der Waals surface area contributed by atoms with Crippen molar-refractivity contribution in [2.75, 3.05) is 13.7 Å². The van der Waals surface area contributed by atoms with E-state index in [2.05, 4.69) is 0 Å². The van der Waals surface area contributed by atoms with Crippen LogP contribution in [0.25, 0.3) is 0 Å². The fourth-order valence-corrected chi connectivity index (χ4v) is 2.53. The zero-order chi connectivity index (χ0) is 15.4. The van der Waals surface area contributed by atoms with Crippen molar-refractivity contribution >= 4 is 5.69 Å². The average molecular weight is 299 g/mol. The van der Waals surface area contributed by atoms with Crippen molar-refractivity contribution in [2.24, 2.45) is 5.92 Å². The van der Waals surface area contributed by atoms with Crippen LogP contribution < -0.4 is 9.47 Å². The Morgan fingerprint density at radius 2 is 2.00 bits per heavy atom. The van der Waals surface area contributed by atoms with Crippen molar-refractivity contribution in [3.8, 4) is 11.5 Å². The lowest BCUT2D eigenvalue weighted by atomic mass is 9.88. The van der Waals surface area contributed by atoms with Gasteiger partial charge in [0.25, 0.3) is 0 Å². The number of rotatable bonds is 5.